The van der Waals surface area contributed by atoms with E-state index in [1.54, 1.807) is 11.3 Å². The van der Waals surface area contributed by atoms with Crippen molar-refractivity contribution in [1.82, 2.24) is 0 Å². The zero-order chi connectivity index (χ0) is 19.9. The Labute approximate surface area is 169 Å². The van der Waals surface area contributed by atoms with Gasteiger partial charge in [-0.05, 0) is 41.5 Å². The molecule has 0 aliphatic rings. The Morgan fingerprint density at radius 1 is 1.00 bits per heavy atom. The maximum atomic E-state index is 9.40. The molecule has 0 saturated carbocycles. The zero-order valence-corrected chi connectivity index (χ0v) is 16.6. The van der Waals surface area contributed by atoms with Crippen LogP contribution in [0.4, 0.5) is 5.69 Å². The van der Waals surface area contributed by atoms with E-state index >= 15 is 0 Å². The summed E-state index contributed by atoms with van der Waals surface area (Å²) in [5.41, 5.74) is 3.97. The van der Waals surface area contributed by atoms with E-state index in [1.807, 2.05) is 62.6 Å². The van der Waals surface area contributed by atoms with E-state index < -0.39 is 0 Å². The van der Waals surface area contributed by atoms with Crippen LogP contribution in [0.1, 0.15) is 20.9 Å². The fourth-order valence-corrected chi connectivity index (χ4v) is 3.75. The topological polar surface area (TPSA) is 31.4 Å². The quantitative estimate of drug-likeness (QED) is 0.390. The number of thiophene rings is 1. The third-order valence-corrected chi connectivity index (χ3v) is 5.31. The monoisotopic (exact) mass is 381 g/mol. The summed E-state index contributed by atoms with van der Waals surface area (Å²) in [5, 5.41) is 9.40. The van der Waals surface area contributed by atoms with Crippen molar-refractivity contribution >= 4 is 34.7 Å². The van der Waals surface area contributed by atoms with Crippen LogP contribution >= 0.6 is 11.3 Å². The highest BCUT2D eigenvalue weighted by atomic mass is 32.1. The maximum absolute atomic E-state index is 9.40. The Morgan fingerprint density at radius 3 is 2.32 bits per heavy atom. The second-order valence-electron chi connectivity index (χ2n) is 6.33. The van der Waals surface area contributed by atoms with Crippen LogP contribution in [-0.2, 0) is 0 Å². The van der Waals surface area contributed by atoms with E-state index in [4.69, 9.17) is 6.57 Å². The summed E-state index contributed by atoms with van der Waals surface area (Å²) in [6, 6.07) is 24.0. The van der Waals surface area contributed by atoms with Crippen LogP contribution in [0.3, 0.4) is 0 Å². The number of hydrogen-bond donors (Lipinski definition) is 0. The Morgan fingerprint density at radius 2 is 1.71 bits per heavy atom. The molecule has 3 rings (SSSR count). The highest BCUT2D eigenvalue weighted by molar-refractivity contribution is 7.14. The van der Waals surface area contributed by atoms with Crippen molar-refractivity contribution in [3.8, 4) is 6.07 Å². The standard InChI is InChI=1S/C24H19N3S/c1-26-22(17-25)24(19-7-5-4-6-8-19)23-16-15-21(28-23)14-11-18-9-12-20(13-10-18)27(2)3/h4-16H,2-3H3/b14-11+,24-22+. The van der Waals surface area contributed by atoms with E-state index in [0.717, 1.165) is 26.6 Å². The minimum absolute atomic E-state index is 0.114. The summed E-state index contributed by atoms with van der Waals surface area (Å²) < 4.78 is 0. The number of hydrogen-bond acceptors (Lipinski definition) is 3. The van der Waals surface area contributed by atoms with Gasteiger partial charge in [0.1, 0.15) is 0 Å². The Bertz CT molecular complexity index is 1070. The molecule has 0 aliphatic heterocycles. The van der Waals surface area contributed by atoms with E-state index in [9.17, 15) is 5.26 Å². The molecule has 3 aromatic rings. The first kappa shape index (κ1) is 19.2. The largest absolute Gasteiger partial charge is 0.378 e. The van der Waals surface area contributed by atoms with Gasteiger partial charge in [-0.25, -0.2) is 10.1 Å². The molecular weight excluding hydrogens is 362 g/mol. The van der Waals surface area contributed by atoms with Gasteiger partial charge >= 0.3 is 0 Å². The summed E-state index contributed by atoms with van der Waals surface area (Å²) in [5.74, 6) is 0. The summed E-state index contributed by atoms with van der Waals surface area (Å²) in [7, 11) is 4.04. The van der Waals surface area contributed by atoms with Crippen LogP contribution in [0.15, 0.2) is 72.4 Å². The Balaban J connectivity index is 1.90. The van der Waals surface area contributed by atoms with Crippen LogP contribution in [0, 0.1) is 17.9 Å². The third kappa shape index (κ3) is 4.38. The van der Waals surface area contributed by atoms with Gasteiger partial charge < -0.3 is 4.90 Å². The van der Waals surface area contributed by atoms with Crippen molar-refractivity contribution in [3.05, 3.63) is 105 Å². The first-order valence-electron chi connectivity index (χ1n) is 8.75. The van der Waals surface area contributed by atoms with Crippen LogP contribution in [0.25, 0.3) is 22.6 Å². The van der Waals surface area contributed by atoms with Gasteiger partial charge in [0.15, 0.2) is 0 Å². The van der Waals surface area contributed by atoms with Gasteiger partial charge in [0.25, 0.3) is 5.70 Å². The molecule has 0 bridgehead atoms. The molecule has 0 radical (unpaired) electrons. The smallest absolute Gasteiger partial charge is 0.270 e. The number of rotatable bonds is 5. The minimum atomic E-state index is 0.114. The highest BCUT2D eigenvalue weighted by Crippen LogP contribution is 2.33. The average molecular weight is 382 g/mol. The molecule has 0 N–H and O–H groups in total. The van der Waals surface area contributed by atoms with Gasteiger partial charge in [-0.3, -0.25) is 0 Å². The molecule has 4 heteroatoms. The number of benzene rings is 2. The number of anilines is 1. The van der Waals surface area contributed by atoms with Crippen LogP contribution in [0.2, 0.25) is 0 Å². The lowest BCUT2D eigenvalue weighted by Gasteiger charge is -2.11. The van der Waals surface area contributed by atoms with E-state index in [0.29, 0.717) is 5.57 Å². The maximum Gasteiger partial charge on any atom is 0.270 e. The van der Waals surface area contributed by atoms with Gasteiger partial charge in [-0.1, -0.05) is 48.5 Å². The molecular formula is C24H19N3S. The number of allylic oxidation sites excluding steroid dienone is 1. The molecule has 2 aromatic carbocycles. The van der Waals surface area contributed by atoms with Gasteiger partial charge in [0.05, 0.1) is 12.6 Å². The van der Waals surface area contributed by atoms with Gasteiger partial charge in [0, 0.05) is 35.1 Å². The molecule has 1 aromatic heterocycles. The molecule has 0 saturated heterocycles. The van der Waals surface area contributed by atoms with Crippen molar-refractivity contribution in [2.75, 3.05) is 19.0 Å². The molecule has 0 aliphatic carbocycles. The van der Waals surface area contributed by atoms with E-state index in [2.05, 4.69) is 46.2 Å². The lowest BCUT2D eigenvalue weighted by molar-refractivity contribution is 1.13. The average Bonchev–Trinajstić information content (AvgIpc) is 3.19. The summed E-state index contributed by atoms with van der Waals surface area (Å²) >= 11 is 1.57. The van der Waals surface area contributed by atoms with Crippen molar-refractivity contribution in [2.45, 2.75) is 0 Å². The molecule has 136 valence electrons. The van der Waals surface area contributed by atoms with Crippen molar-refractivity contribution < 1.29 is 0 Å². The predicted molar refractivity (Wildman–Crippen MR) is 119 cm³/mol. The third-order valence-electron chi connectivity index (χ3n) is 4.24. The second kappa shape index (κ2) is 8.86. The molecule has 1 heterocycles. The first-order valence-corrected chi connectivity index (χ1v) is 9.57. The normalized spacial score (nSPS) is 11.6. The molecule has 0 spiro atoms. The lowest BCUT2D eigenvalue weighted by atomic mass is 10.0. The highest BCUT2D eigenvalue weighted by Gasteiger charge is 2.13. The van der Waals surface area contributed by atoms with Crippen molar-refractivity contribution in [2.24, 2.45) is 0 Å². The zero-order valence-electron chi connectivity index (χ0n) is 15.8. The molecule has 28 heavy (non-hydrogen) atoms. The molecule has 0 atom stereocenters. The van der Waals surface area contributed by atoms with Crippen LogP contribution in [-0.4, -0.2) is 14.1 Å². The second-order valence-corrected chi connectivity index (χ2v) is 7.45. The van der Waals surface area contributed by atoms with E-state index in [-0.39, 0.29) is 5.70 Å². The van der Waals surface area contributed by atoms with Gasteiger partial charge in [-0.2, -0.15) is 0 Å². The summed E-state index contributed by atoms with van der Waals surface area (Å²) in [6.07, 6.45) is 4.13. The van der Waals surface area contributed by atoms with E-state index in [1.165, 1.54) is 0 Å². The number of nitrogens with zero attached hydrogens (tertiary/aromatic N) is 3. The Kier molecular flexibility index (Phi) is 6.07. The van der Waals surface area contributed by atoms with Gasteiger partial charge in [-0.15, -0.1) is 11.3 Å². The minimum Gasteiger partial charge on any atom is -0.378 e. The van der Waals surface area contributed by atoms with Crippen LogP contribution < -0.4 is 4.90 Å². The molecule has 0 unspecified atom stereocenters. The molecule has 3 nitrogen and oxygen atoms in total. The summed E-state index contributed by atoms with van der Waals surface area (Å²) in [6.45, 7) is 7.37. The fraction of sp³-hybridized carbons (Fsp3) is 0.0833. The van der Waals surface area contributed by atoms with Crippen molar-refractivity contribution in [3.63, 3.8) is 0 Å². The fourth-order valence-electron chi connectivity index (χ4n) is 2.78. The first-order chi connectivity index (χ1) is 13.6. The van der Waals surface area contributed by atoms with Crippen molar-refractivity contribution in [1.29, 1.82) is 5.26 Å². The molecule has 0 fully saturated rings. The predicted octanol–water partition coefficient (Wildman–Crippen LogP) is 6.19. The van der Waals surface area contributed by atoms with Crippen LogP contribution in [0.5, 0.6) is 0 Å². The Hall–Kier alpha value is -3.60. The van der Waals surface area contributed by atoms with Gasteiger partial charge in [0.2, 0.25) is 0 Å². The molecule has 0 amide bonds. The SMILES string of the molecule is [C-]#[N+]/C(C#N)=C(\c1ccccc1)c1ccc(/C=C/c2ccc(N(C)C)cc2)s1. The summed E-state index contributed by atoms with van der Waals surface area (Å²) in [4.78, 5) is 7.50. The number of nitriles is 1. The lowest BCUT2D eigenvalue weighted by Crippen LogP contribution is -2.07.